The van der Waals surface area contributed by atoms with Crippen LogP contribution in [0.25, 0.3) is 27.5 Å². The maximum atomic E-state index is 12.6. The van der Waals surface area contributed by atoms with Crippen molar-refractivity contribution >= 4 is 27.7 Å². The van der Waals surface area contributed by atoms with Crippen molar-refractivity contribution in [3.63, 3.8) is 0 Å². The molecule has 4 aromatic carbocycles. The first kappa shape index (κ1) is 22.5. The SMILES string of the molecule is O=C(NCc1cccnc1)c1ccc2c(c1)ncn2-c1ccc(OCc2ccc3ccccc3c2)cc1. The van der Waals surface area contributed by atoms with Gasteiger partial charge in [-0.2, -0.15) is 0 Å². The van der Waals surface area contributed by atoms with E-state index < -0.39 is 0 Å². The van der Waals surface area contributed by atoms with Crippen LogP contribution < -0.4 is 10.1 Å². The first-order valence-corrected chi connectivity index (χ1v) is 12.1. The molecule has 37 heavy (non-hydrogen) atoms. The van der Waals surface area contributed by atoms with Gasteiger partial charge in [-0.3, -0.25) is 14.3 Å². The van der Waals surface area contributed by atoms with Crippen LogP contribution in [0.2, 0.25) is 0 Å². The minimum absolute atomic E-state index is 0.145. The van der Waals surface area contributed by atoms with Crippen molar-refractivity contribution in [2.24, 2.45) is 0 Å². The van der Waals surface area contributed by atoms with Crippen LogP contribution in [0.3, 0.4) is 0 Å². The molecule has 0 saturated heterocycles. The molecule has 0 spiro atoms. The number of ether oxygens (including phenoxy) is 1. The first-order valence-electron chi connectivity index (χ1n) is 12.1. The molecular formula is C31H24N4O2. The Kier molecular flexibility index (Phi) is 6.05. The Bertz CT molecular complexity index is 1690. The summed E-state index contributed by atoms with van der Waals surface area (Å²) in [5.41, 5.74) is 5.29. The highest BCUT2D eigenvalue weighted by molar-refractivity contribution is 5.97. The molecule has 0 fully saturated rings. The van der Waals surface area contributed by atoms with Gasteiger partial charge in [-0.25, -0.2) is 4.98 Å². The van der Waals surface area contributed by atoms with Crippen molar-refractivity contribution in [3.05, 3.63) is 132 Å². The molecule has 6 aromatic rings. The Morgan fingerprint density at radius 1 is 0.838 bits per heavy atom. The Balaban J connectivity index is 1.13. The summed E-state index contributed by atoms with van der Waals surface area (Å²) in [5, 5.41) is 5.36. The second kappa shape index (κ2) is 9.95. The Labute approximate surface area is 214 Å². The van der Waals surface area contributed by atoms with Crippen LogP contribution in [-0.4, -0.2) is 20.4 Å². The predicted molar refractivity (Wildman–Crippen MR) is 145 cm³/mol. The zero-order chi connectivity index (χ0) is 25.0. The maximum Gasteiger partial charge on any atom is 0.251 e. The van der Waals surface area contributed by atoms with E-state index >= 15 is 0 Å². The number of nitrogens with zero attached hydrogens (tertiary/aromatic N) is 3. The predicted octanol–water partition coefficient (Wildman–Crippen LogP) is 6.08. The van der Waals surface area contributed by atoms with Gasteiger partial charge < -0.3 is 10.1 Å². The number of carbonyl (C=O) groups excluding carboxylic acids is 1. The van der Waals surface area contributed by atoms with Gasteiger partial charge in [0.2, 0.25) is 0 Å². The third-order valence-corrected chi connectivity index (χ3v) is 6.32. The highest BCUT2D eigenvalue weighted by Crippen LogP contribution is 2.23. The molecule has 6 nitrogen and oxygen atoms in total. The van der Waals surface area contributed by atoms with Crippen LogP contribution in [0, 0.1) is 0 Å². The summed E-state index contributed by atoms with van der Waals surface area (Å²) in [7, 11) is 0. The lowest BCUT2D eigenvalue weighted by Gasteiger charge is -2.10. The fourth-order valence-corrected chi connectivity index (χ4v) is 4.34. The van der Waals surface area contributed by atoms with Crippen LogP contribution in [0.1, 0.15) is 21.5 Å². The highest BCUT2D eigenvalue weighted by atomic mass is 16.5. The summed E-state index contributed by atoms with van der Waals surface area (Å²) < 4.78 is 8.02. The van der Waals surface area contributed by atoms with Gasteiger partial charge >= 0.3 is 0 Å². The Hall–Kier alpha value is -4.97. The molecule has 0 atom stereocenters. The molecule has 2 heterocycles. The number of carbonyl (C=O) groups is 1. The number of hydrogen-bond acceptors (Lipinski definition) is 4. The second-order valence-corrected chi connectivity index (χ2v) is 8.83. The summed E-state index contributed by atoms with van der Waals surface area (Å²) in [6, 6.07) is 32.0. The molecule has 1 N–H and O–H groups in total. The fraction of sp³-hybridized carbons (Fsp3) is 0.0645. The average Bonchev–Trinajstić information content (AvgIpc) is 3.39. The molecule has 180 valence electrons. The van der Waals surface area contributed by atoms with Gasteiger partial charge in [0.25, 0.3) is 5.91 Å². The first-order chi connectivity index (χ1) is 18.2. The third-order valence-electron chi connectivity index (χ3n) is 6.32. The molecule has 0 bridgehead atoms. The number of aromatic nitrogens is 3. The number of benzene rings is 4. The van der Waals surface area contributed by atoms with E-state index in [-0.39, 0.29) is 5.91 Å². The smallest absolute Gasteiger partial charge is 0.251 e. The third kappa shape index (κ3) is 4.90. The molecule has 0 radical (unpaired) electrons. The number of hydrogen-bond donors (Lipinski definition) is 1. The van der Waals surface area contributed by atoms with Crippen LogP contribution in [0.4, 0.5) is 0 Å². The minimum atomic E-state index is -0.145. The van der Waals surface area contributed by atoms with Gasteiger partial charge in [0.1, 0.15) is 18.7 Å². The zero-order valence-corrected chi connectivity index (χ0v) is 20.0. The molecule has 0 saturated carbocycles. The van der Waals surface area contributed by atoms with Crippen molar-refractivity contribution in [3.8, 4) is 11.4 Å². The molecular weight excluding hydrogens is 460 g/mol. The molecule has 0 unspecified atom stereocenters. The van der Waals surface area contributed by atoms with Crippen LogP contribution in [-0.2, 0) is 13.2 Å². The van der Waals surface area contributed by atoms with Crippen LogP contribution in [0.15, 0.2) is 116 Å². The normalized spacial score (nSPS) is 11.0. The van der Waals surface area contributed by atoms with E-state index in [0.29, 0.717) is 18.7 Å². The van der Waals surface area contributed by atoms with Gasteiger partial charge in [0.15, 0.2) is 0 Å². The quantitative estimate of drug-likeness (QED) is 0.298. The number of nitrogens with one attached hydrogen (secondary N) is 1. The van der Waals surface area contributed by atoms with Crippen molar-refractivity contribution in [1.82, 2.24) is 19.9 Å². The van der Waals surface area contributed by atoms with E-state index in [1.165, 1.54) is 10.8 Å². The number of fused-ring (bicyclic) bond motifs is 2. The van der Waals surface area contributed by atoms with Gasteiger partial charge in [0.05, 0.1) is 11.0 Å². The van der Waals surface area contributed by atoms with Crippen molar-refractivity contribution < 1.29 is 9.53 Å². The second-order valence-electron chi connectivity index (χ2n) is 8.83. The summed E-state index contributed by atoms with van der Waals surface area (Å²) >= 11 is 0. The number of imidazole rings is 1. The molecule has 2 aromatic heterocycles. The molecule has 0 aliphatic carbocycles. The summed E-state index contributed by atoms with van der Waals surface area (Å²) in [6.07, 6.45) is 5.22. The van der Waals surface area contributed by atoms with E-state index in [1.807, 2.05) is 71.3 Å². The van der Waals surface area contributed by atoms with E-state index in [9.17, 15) is 4.79 Å². The standard InChI is InChI=1S/C31H24N4O2/c36-31(33-19-23-4-3-15-32-18-23)26-9-14-30-29(17-26)34-21-35(30)27-10-12-28(13-11-27)37-20-22-7-8-24-5-1-2-6-25(24)16-22/h1-18,21H,19-20H2,(H,33,36). The lowest BCUT2D eigenvalue weighted by atomic mass is 10.1. The van der Waals surface area contributed by atoms with E-state index in [2.05, 4.69) is 45.6 Å². The fourth-order valence-electron chi connectivity index (χ4n) is 4.34. The summed E-state index contributed by atoms with van der Waals surface area (Å²) in [5.74, 6) is 0.655. The molecule has 1 amide bonds. The lowest BCUT2D eigenvalue weighted by molar-refractivity contribution is 0.0951. The van der Waals surface area contributed by atoms with Crippen LogP contribution >= 0.6 is 0 Å². The molecule has 0 aliphatic heterocycles. The van der Waals surface area contributed by atoms with E-state index in [1.54, 1.807) is 18.7 Å². The number of amides is 1. The minimum Gasteiger partial charge on any atom is -0.489 e. The maximum absolute atomic E-state index is 12.6. The Morgan fingerprint density at radius 2 is 1.70 bits per heavy atom. The Morgan fingerprint density at radius 3 is 2.54 bits per heavy atom. The van der Waals surface area contributed by atoms with E-state index in [0.717, 1.165) is 33.6 Å². The van der Waals surface area contributed by atoms with Gasteiger partial charge in [0, 0.05) is 30.2 Å². The number of rotatable bonds is 7. The van der Waals surface area contributed by atoms with Gasteiger partial charge in [-0.1, -0.05) is 42.5 Å². The summed E-state index contributed by atoms with van der Waals surface area (Å²) in [4.78, 5) is 21.2. The molecule has 6 rings (SSSR count). The number of pyridine rings is 1. The van der Waals surface area contributed by atoms with E-state index in [4.69, 9.17) is 4.74 Å². The molecule has 0 aliphatic rings. The molecule has 6 heteroatoms. The van der Waals surface area contributed by atoms with Crippen molar-refractivity contribution in [2.45, 2.75) is 13.2 Å². The monoisotopic (exact) mass is 484 g/mol. The van der Waals surface area contributed by atoms with Crippen molar-refractivity contribution in [1.29, 1.82) is 0 Å². The van der Waals surface area contributed by atoms with Crippen LogP contribution in [0.5, 0.6) is 5.75 Å². The highest BCUT2D eigenvalue weighted by Gasteiger charge is 2.11. The largest absolute Gasteiger partial charge is 0.489 e. The van der Waals surface area contributed by atoms with Gasteiger partial charge in [-0.05, 0) is 76.5 Å². The summed E-state index contributed by atoms with van der Waals surface area (Å²) in [6.45, 7) is 0.929. The zero-order valence-electron chi connectivity index (χ0n) is 20.0. The average molecular weight is 485 g/mol. The van der Waals surface area contributed by atoms with Crippen molar-refractivity contribution in [2.75, 3.05) is 0 Å². The topological polar surface area (TPSA) is 69.0 Å². The van der Waals surface area contributed by atoms with Gasteiger partial charge in [-0.15, -0.1) is 0 Å². The lowest BCUT2D eigenvalue weighted by Crippen LogP contribution is -2.22.